The Morgan fingerprint density at radius 2 is 2.12 bits per heavy atom. The zero-order chi connectivity index (χ0) is 17.9. The second-order valence-electron chi connectivity index (χ2n) is 5.24. The summed E-state index contributed by atoms with van der Waals surface area (Å²) in [6.07, 6.45) is 0.571. The van der Waals surface area contributed by atoms with Crippen molar-refractivity contribution in [3.05, 3.63) is 41.2 Å². The Balaban J connectivity index is 2.28. The molecule has 1 heterocycles. The lowest BCUT2D eigenvalue weighted by Gasteiger charge is -2.09. The third-order valence-electron chi connectivity index (χ3n) is 3.36. The van der Waals surface area contributed by atoms with E-state index in [1.54, 1.807) is 6.92 Å². The molecule has 0 saturated carbocycles. The summed E-state index contributed by atoms with van der Waals surface area (Å²) in [5.74, 6) is -1.42. The number of hydrogen-bond acceptors (Lipinski definition) is 5. The molecule has 2 rings (SSSR count). The van der Waals surface area contributed by atoms with Crippen LogP contribution >= 0.6 is 0 Å². The summed E-state index contributed by atoms with van der Waals surface area (Å²) in [4.78, 5) is 27.0. The van der Waals surface area contributed by atoms with Crippen molar-refractivity contribution in [2.24, 2.45) is 5.73 Å². The first-order valence-corrected chi connectivity index (χ1v) is 7.35. The van der Waals surface area contributed by atoms with Crippen molar-refractivity contribution >= 4 is 11.9 Å². The summed E-state index contributed by atoms with van der Waals surface area (Å²) >= 11 is 0. The van der Waals surface area contributed by atoms with Crippen molar-refractivity contribution in [3.8, 4) is 11.3 Å². The number of nitrogens with zero attached hydrogens (tertiary/aromatic N) is 1. The molecule has 0 aliphatic rings. The number of carbonyl (C=O) groups is 2. The topological polar surface area (TPSA) is 118 Å². The van der Waals surface area contributed by atoms with Gasteiger partial charge in [0.1, 0.15) is 23.3 Å². The molecular formula is C16H18FN3O4. The van der Waals surface area contributed by atoms with Gasteiger partial charge in [0.15, 0.2) is 5.89 Å². The molecule has 2 aromatic rings. The number of amides is 1. The average Bonchev–Trinajstić information content (AvgIpc) is 2.92. The molecule has 1 atom stereocenters. The number of hydrogen-bond donors (Lipinski definition) is 3. The van der Waals surface area contributed by atoms with Crippen LogP contribution in [0.25, 0.3) is 11.3 Å². The van der Waals surface area contributed by atoms with Crippen molar-refractivity contribution in [1.82, 2.24) is 10.3 Å². The minimum Gasteiger partial charge on any atom is -0.480 e. The van der Waals surface area contributed by atoms with E-state index < -0.39 is 23.7 Å². The number of carboxylic acid groups (broad SMARTS) is 1. The molecule has 24 heavy (non-hydrogen) atoms. The largest absolute Gasteiger partial charge is 0.480 e. The highest BCUT2D eigenvalue weighted by molar-refractivity contribution is 5.95. The van der Waals surface area contributed by atoms with Gasteiger partial charge in [-0.3, -0.25) is 9.59 Å². The third kappa shape index (κ3) is 3.96. The number of carbonyl (C=O) groups excluding carboxylic acids is 1. The van der Waals surface area contributed by atoms with Gasteiger partial charge in [0, 0.05) is 31.0 Å². The summed E-state index contributed by atoms with van der Waals surface area (Å²) < 4.78 is 19.3. The van der Waals surface area contributed by atoms with Crippen LogP contribution in [0.3, 0.4) is 0 Å². The SMILES string of the molecule is CCc1oc(C)nc1-c1cc(F)cc(C(=O)NC[C@@H](N)C(=O)O)c1. The van der Waals surface area contributed by atoms with E-state index in [4.69, 9.17) is 15.3 Å². The van der Waals surface area contributed by atoms with Crippen LogP contribution in [0.2, 0.25) is 0 Å². The van der Waals surface area contributed by atoms with Crippen LogP contribution in [-0.4, -0.2) is 34.6 Å². The van der Waals surface area contributed by atoms with Crippen LogP contribution in [0.1, 0.15) is 28.9 Å². The van der Waals surface area contributed by atoms with E-state index in [-0.39, 0.29) is 12.1 Å². The summed E-state index contributed by atoms with van der Waals surface area (Å²) in [7, 11) is 0. The highest BCUT2D eigenvalue weighted by Crippen LogP contribution is 2.26. The van der Waals surface area contributed by atoms with Crippen LogP contribution in [-0.2, 0) is 11.2 Å². The summed E-state index contributed by atoms with van der Waals surface area (Å²) in [5.41, 5.74) is 6.26. The third-order valence-corrected chi connectivity index (χ3v) is 3.36. The Morgan fingerprint density at radius 3 is 2.75 bits per heavy atom. The van der Waals surface area contributed by atoms with Gasteiger partial charge in [-0.1, -0.05) is 6.92 Å². The fourth-order valence-corrected chi connectivity index (χ4v) is 2.18. The van der Waals surface area contributed by atoms with Crippen LogP contribution < -0.4 is 11.1 Å². The smallest absolute Gasteiger partial charge is 0.322 e. The number of halogens is 1. The maximum absolute atomic E-state index is 13.9. The van der Waals surface area contributed by atoms with Gasteiger partial charge in [-0.25, -0.2) is 9.37 Å². The number of aliphatic carboxylic acids is 1. The van der Waals surface area contributed by atoms with E-state index in [9.17, 15) is 14.0 Å². The minimum absolute atomic E-state index is 0.0466. The first-order chi connectivity index (χ1) is 11.3. The highest BCUT2D eigenvalue weighted by atomic mass is 19.1. The zero-order valence-electron chi connectivity index (χ0n) is 13.3. The molecule has 7 nitrogen and oxygen atoms in total. The summed E-state index contributed by atoms with van der Waals surface area (Å²) in [5, 5.41) is 11.1. The zero-order valence-corrected chi connectivity index (χ0v) is 13.3. The van der Waals surface area contributed by atoms with E-state index >= 15 is 0 Å². The predicted molar refractivity (Wildman–Crippen MR) is 84.0 cm³/mol. The molecule has 0 unspecified atom stereocenters. The van der Waals surface area contributed by atoms with Crippen LogP contribution in [0.5, 0.6) is 0 Å². The second kappa shape index (κ2) is 7.22. The molecule has 0 spiro atoms. The molecule has 128 valence electrons. The Morgan fingerprint density at radius 1 is 1.42 bits per heavy atom. The van der Waals surface area contributed by atoms with Gasteiger partial charge in [-0.2, -0.15) is 0 Å². The number of oxazole rings is 1. The molecule has 0 aliphatic heterocycles. The molecule has 0 fully saturated rings. The van der Waals surface area contributed by atoms with Gasteiger partial charge < -0.3 is 20.6 Å². The van der Waals surface area contributed by atoms with E-state index in [0.29, 0.717) is 29.3 Å². The van der Waals surface area contributed by atoms with Gasteiger partial charge in [-0.05, 0) is 18.2 Å². The lowest BCUT2D eigenvalue weighted by Crippen LogP contribution is -2.42. The molecule has 1 amide bonds. The number of carboxylic acids is 1. The summed E-state index contributed by atoms with van der Waals surface area (Å²) in [6, 6.07) is 2.56. The van der Waals surface area contributed by atoms with Crippen molar-refractivity contribution in [2.45, 2.75) is 26.3 Å². The minimum atomic E-state index is -1.24. The van der Waals surface area contributed by atoms with Crippen LogP contribution in [0.15, 0.2) is 22.6 Å². The van der Waals surface area contributed by atoms with Gasteiger partial charge in [0.05, 0.1) is 0 Å². The van der Waals surface area contributed by atoms with E-state index in [1.807, 2.05) is 6.92 Å². The fraction of sp³-hybridized carbons (Fsp3) is 0.312. The van der Waals surface area contributed by atoms with Gasteiger partial charge in [0.25, 0.3) is 5.91 Å². The van der Waals surface area contributed by atoms with E-state index in [0.717, 1.165) is 6.07 Å². The first-order valence-electron chi connectivity index (χ1n) is 7.35. The predicted octanol–water partition coefficient (Wildman–Crippen LogP) is 1.49. The van der Waals surface area contributed by atoms with Crippen LogP contribution in [0.4, 0.5) is 4.39 Å². The molecule has 0 bridgehead atoms. The normalized spacial score (nSPS) is 12.0. The van der Waals surface area contributed by atoms with Crippen molar-refractivity contribution in [1.29, 1.82) is 0 Å². The monoisotopic (exact) mass is 335 g/mol. The highest BCUT2D eigenvalue weighted by Gasteiger charge is 2.17. The van der Waals surface area contributed by atoms with Gasteiger partial charge in [-0.15, -0.1) is 0 Å². The quantitative estimate of drug-likeness (QED) is 0.736. The Kier molecular flexibility index (Phi) is 5.30. The number of benzene rings is 1. The lowest BCUT2D eigenvalue weighted by atomic mass is 10.1. The van der Waals surface area contributed by atoms with Gasteiger partial charge >= 0.3 is 5.97 Å². The van der Waals surface area contributed by atoms with Crippen LogP contribution in [0, 0.1) is 12.7 Å². The summed E-state index contributed by atoms with van der Waals surface area (Å²) in [6.45, 7) is 3.30. The number of nitrogens with one attached hydrogen (secondary N) is 1. The Hall–Kier alpha value is -2.74. The Labute approximate surface area is 137 Å². The standard InChI is InChI=1S/C16H18FN3O4/c1-3-13-14(20-8(2)24-13)9-4-10(6-11(17)5-9)15(21)19-7-12(18)16(22)23/h4-6,12H,3,7,18H2,1-2H3,(H,19,21)(H,22,23)/t12-/m1/s1. The van der Waals surface area contributed by atoms with Crippen molar-refractivity contribution in [3.63, 3.8) is 0 Å². The first kappa shape index (κ1) is 17.6. The molecule has 0 radical (unpaired) electrons. The molecule has 0 saturated heterocycles. The lowest BCUT2D eigenvalue weighted by molar-refractivity contribution is -0.138. The fourth-order valence-electron chi connectivity index (χ4n) is 2.18. The number of rotatable bonds is 6. The number of aryl methyl sites for hydroxylation is 2. The van der Waals surface area contributed by atoms with Crippen molar-refractivity contribution < 1.29 is 23.5 Å². The van der Waals surface area contributed by atoms with E-state index in [1.165, 1.54) is 12.1 Å². The molecule has 1 aromatic heterocycles. The molecule has 8 heteroatoms. The number of nitrogens with two attached hydrogens (primary N) is 1. The average molecular weight is 335 g/mol. The number of aromatic nitrogens is 1. The molecule has 0 aliphatic carbocycles. The second-order valence-corrected chi connectivity index (χ2v) is 5.24. The Bertz CT molecular complexity index is 773. The maximum atomic E-state index is 13.9. The molecule has 1 aromatic carbocycles. The van der Waals surface area contributed by atoms with Gasteiger partial charge in [0.2, 0.25) is 0 Å². The van der Waals surface area contributed by atoms with E-state index in [2.05, 4.69) is 10.3 Å². The maximum Gasteiger partial charge on any atom is 0.322 e. The molecule has 4 N–H and O–H groups in total. The van der Waals surface area contributed by atoms with Crippen molar-refractivity contribution in [2.75, 3.05) is 6.54 Å². The molecular weight excluding hydrogens is 317 g/mol.